The maximum absolute atomic E-state index is 11.4. The lowest BCUT2D eigenvalue weighted by molar-refractivity contribution is 0.0601. The number of benzene rings is 1. The molecule has 0 saturated heterocycles. The molecule has 0 aliphatic heterocycles. The van der Waals surface area contributed by atoms with Gasteiger partial charge in [0.15, 0.2) is 0 Å². The molecule has 0 aromatic heterocycles. The Kier molecular flexibility index (Phi) is 5.67. The molecule has 0 aliphatic rings. The Bertz CT molecular complexity index is 432. The maximum Gasteiger partial charge on any atom is 0.337 e. The minimum atomic E-state index is -0.370. The third-order valence-electron chi connectivity index (χ3n) is 3.33. The van der Waals surface area contributed by atoms with Gasteiger partial charge in [-0.15, -0.1) is 0 Å². The summed E-state index contributed by atoms with van der Waals surface area (Å²) in [7, 11) is 1.36. The summed E-state index contributed by atoms with van der Waals surface area (Å²) in [5.74, 6) is 0.309. The fourth-order valence-corrected chi connectivity index (χ4v) is 2.03. The van der Waals surface area contributed by atoms with Gasteiger partial charge in [0.05, 0.1) is 24.0 Å². The zero-order valence-electron chi connectivity index (χ0n) is 12.2. The summed E-state index contributed by atoms with van der Waals surface area (Å²) in [4.78, 5) is 11.4. The fourth-order valence-electron chi connectivity index (χ4n) is 2.03. The quantitative estimate of drug-likeness (QED) is 0.611. The van der Waals surface area contributed by atoms with E-state index in [0.717, 1.165) is 12.1 Å². The number of hydrogen-bond acceptors (Lipinski definition) is 4. The topological polar surface area (TPSA) is 64.3 Å². The molecular weight excluding hydrogens is 240 g/mol. The lowest BCUT2D eigenvalue weighted by atomic mass is 10.00. The maximum atomic E-state index is 11.4. The highest BCUT2D eigenvalue weighted by atomic mass is 16.5. The van der Waals surface area contributed by atoms with Crippen LogP contribution in [0.2, 0.25) is 0 Å². The second-order valence-electron chi connectivity index (χ2n) is 5.09. The number of ether oxygens (including phenoxy) is 1. The molecule has 0 heterocycles. The molecule has 0 bridgehead atoms. The molecule has 106 valence electrons. The third kappa shape index (κ3) is 4.47. The van der Waals surface area contributed by atoms with Gasteiger partial charge in [0.2, 0.25) is 0 Å². The van der Waals surface area contributed by atoms with E-state index in [9.17, 15) is 4.79 Å². The number of anilines is 2. The van der Waals surface area contributed by atoms with Gasteiger partial charge in [-0.1, -0.05) is 20.3 Å². The molecule has 4 heteroatoms. The lowest BCUT2D eigenvalue weighted by Gasteiger charge is -2.20. The van der Waals surface area contributed by atoms with Gasteiger partial charge >= 0.3 is 5.97 Å². The summed E-state index contributed by atoms with van der Waals surface area (Å²) >= 11 is 0. The molecule has 0 spiro atoms. The van der Waals surface area contributed by atoms with E-state index in [1.165, 1.54) is 13.5 Å². The molecule has 4 nitrogen and oxygen atoms in total. The van der Waals surface area contributed by atoms with Gasteiger partial charge in [0.25, 0.3) is 0 Å². The van der Waals surface area contributed by atoms with Gasteiger partial charge in [0.1, 0.15) is 0 Å². The SMILES string of the molecule is CCC(C)CC(C)Nc1ccc(C(=O)OC)cc1N. The first-order valence-corrected chi connectivity index (χ1v) is 6.72. The van der Waals surface area contributed by atoms with Crippen molar-refractivity contribution in [3.8, 4) is 0 Å². The van der Waals surface area contributed by atoms with Crippen LogP contribution in [0.3, 0.4) is 0 Å². The second kappa shape index (κ2) is 7.02. The molecule has 19 heavy (non-hydrogen) atoms. The van der Waals surface area contributed by atoms with Crippen LogP contribution in [0.15, 0.2) is 18.2 Å². The van der Waals surface area contributed by atoms with Crippen LogP contribution >= 0.6 is 0 Å². The molecule has 0 aliphatic carbocycles. The number of carbonyl (C=O) groups is 1. The zero-order chi connectivity index (χ0) is 14.4. The van der Waals surface area contributed by atoms with Crippen LogP contribution in [-0.2, 0) is 4.74 Å². The van der Waals surface area contributed by atoms with Crippen LogP contribution in [0.1, 0.15) is 44.0 Å². The van der Waals surface area contributed by atoms with Gasteiger partial charge in [0, 0.05) is 6.04 Å². The molecule has 1 aromatic carbocycles. The standard InChI is InChI=1S/C15H24N2O2/c1-5-10(2)8-11(3)17-14-7-6-12(9-13(14)16)15(18)19-4/h6-7,9-11,17H,5,8,16H2,1-4H3. The van der Waals surface area contributed by atoms with Crippen molar-refractivity contribution < 1.29 is 9.53 Å². The van der Waals surface area contributed by atoms with Crippen molar-refractivity contribution in [1.82, 2.24) is 0 Å². The van der Waals surface area contributed by atoms with Crippen LogP contribution < -0.4 is 11.1 Å². The van der Waals surface area contributed by atoms with E-state index >= 15 is 0 Å². The molecule has 0 amide bonds. The molecule has 1 aromatic rings. The van der Waals surface area contributed by atoms with E-state index in [4.69, 9.17) is 5.73 Å². The molecular formula is C15H24N2O2. The van der Waals surface area contributed by atoms with Crippen LogP contribution in [0, 0.1) is 5.92 Å². The summed E-state index contributed by atoms with van der Waals surface area (Å²) in [6, 6.07) is 5.54. The predicted octanol–water partition coefficient (Wildman–Crippen LogP) is 3.29. The molecule has 2 atom stereocenters. The first-order chi connectivity index (χ1) is 8.97. The summed E-state index contributed by atoms with van der Waals surface area (Å²) in [5, 5.41) is 3.38. The smallest absolute Gasteiger partial charge is 0.337 e. The summed E-state index contributed by atoms with van der Waals surface area (Å²) in [6.45, 7) is 6.57. The Morgan fingerprint density at radius 2 is 2.11 bits per heavy atom. The second-order valence-corrected chi connectivity index (χ2v) is 5.09. The number of carbonyl (C=O) groups excluding carboxylic acids is 1. The lowest BCUT2D eigenvalue weighted by Crippen LogP contribution is -2.19. The predicted molar refractivity (Wildman–Crippen MR) is 79.4 cm³/mol. The monoisotopic (exact) mass is 264 g/mol. The van der Waals surface area contributed by atoms with Crippen LogP contribution in [0.5, 0.6) is 0 Å². The fraction of sp³-hybridized carbons (Fsp3) is 0.533. The van der Waals surface area contributed by atoms with Gasteiger partial charge in [-0.3, -0.25) is 0 Å². The van der Waals surface area contributed by atoms with E-state index < -0.39 is 0 Å². The number of esters is 1. The van der Waals surface area contributed by atoms with E-state index in [2.05, 4.69) is 30.8 Å². The minimum absolute atomic E-state index is 0.348. The van der Waals surface area contributed by atoms with Crippen molar-refractivity contribution in [1.29, 1.82) is 0 Å². The van der Waals surface area contributed by atoms with Crippen molar-refractivity contribution in [2.24, 2.45) is 5.92 Å². The van der Waals surface area contributed by atoms with Crippen LogP contribution in [-0.4, -0.2) is 19.1 Å². The Hall–Kier alpha value is -1.71. The Balaban J connectivity index is 2.72. The Morgan fingerprint density at radius 3 is 2.63 bits per heavy atom. The molecule has 1 rings (SSSR count). The highest BCUT2D eigenvalue weighted by molar-refractivity contribution is 5.91. The highest BCUT2D eigenvalue weighted by Crippen LogP contribution is 2.23. The Labute approximate surface area is 115 Å². The van der Waals surface area contributed by atoms with E-state index in [1.54, 1.807) is 12.1 Å². The van der Waals surface area contributed by atoms with Gasteiger partial charge < -0.3 is 15.8 Å². The van der Waals surface area contributed by atoms with Crippen molar-refractivity contribution >= 4 is 17.3 Å². The van der Waals surface area contributed by atoms with Crippen molar-refractivity contribution in [3.05, 3.63) is 23.8 Å². The largest absolute Gasteiger partial charge is 0.465 e. The van der Waals surface area contributed by atoms with E-state index in [1.807, 2.05) is 6.07 Å². The number of nitrogens with one attached hydrogen (secondary N) is 1. The summed E-state index contributed by atoms with van der Waals surface area (Å²) in [5.41, 5.74) is 7.86. The summed E-state index contributed by atoms with van der Waals surface area (Å²) in [6.07, 6.45) is 2.26. The van der Waals surface area contributed by atoms with Gasteiger partial charge in [-0.05, 0) is 37.5 Å². The molecule has 2 unspecified atom stereocenters. The molecule has 0 fully saturated rings. The zero-order valence-corrected chi connectivity index (χ0v) is 12.2. The van der Waals surface area contributed by atoms with Crippen LogP contribution in [0.4, 0.5) is 11.4 Å². The average Bonchev–Trinajstić information content (AvgIpc) is 2.39. The molecule has 0 radical (unpaired) electrons. The third-order valence-corrected chi connectivity index (χ3v) is 3.33. The number of methoxy groups -OCH3 is 1. The normalized spacial score (nSPS) is 13.7. The van der Waals surface area contributed by atoms with Crippen molar-refractivity contribution in [3.63, 3.8) is 0 Å². The molecule has 3 N–H and O–H groups in total. The highest BCUT2D eigenvalue weighted by Gasteiger charge is 2.11. The van der Waals surface area contributed by atoms with Gasteiger partial charge in [-0.25, -0.2) is 4.79 Å². The number of nitrogens with two attached hydrogens (primary N) is 1. The van der Waals surface area contributed by atoms with Crippen molar-refractivity contribution in [2.45, 2.75) is 39.7 Å². The minimum Gasteiger partial charge on any atom is -0.465 e. The Morgan fingerprint density at radius 1 is 1.42 bits per heavy atom. The first kappa shape index (κ1) is 15.3. The molecule has 0 saturated carbocycles. The number of nitrogen functional groups attached to an aromatic ring is 1. The average molecular weight is 264 g/mol. The first-order valence-electron chi connectivity index (χ1n) is 6.72. The summed E-state index contributed by atoms with van der Waals surface area (Å²) < 4.78 is 4.66. The van der Waals surface area contributed by atoms with E-state index in [-0.39, 0.29) is 5.97 Å². The van der Waals surface area contributed by atoms with Gasteiger partial charge in [-0.2, -0.15) is 0 Å². The number of hydrogen-bond donors (Lipinski definition) is 2. The van der Waals surface area contributed by atoms with E-state index in [0.29, 0.717) is 23.2 Å². The van der Waals surface area contributed by atoms with Crippen molar-refractivity contribution in [2.75, 3.05) is 18.2 Å². The number of rotatable bonds is 6. The van der Waals surface area contributed by atoms with Crippen LogP contribution in [0.25, 0.3) is 0 Å².